The van der Waals surface area contributed by atoms with Gasteiger partial charge in [-0.25, -0.2) is 18.0 Å². The molecule has 272 valence electrons. The lowest BCUT2D eigenvalue weighted by Crippen LogP contribution is -2.53. The highest BCUT2D eigenvalue weighted by atomic mass is 19.4. The Morgan fingerprint density at radius 2 is 1.73 bits per heavy atom. The number of aryl methyl sites for hydroxylation is 1. The molecule has 4 aromatic rings. The van der Waals surface area contributed by atoms with Gasteiger partial charge in [0.15, 0.2) is 0 Å². The number of anilines is 1. The Morgan fingerprint density at radius 3 is 2.33 bits per heavy atom. The molecule has 1 saturated heterocycles. The minimum atomic E-state index is -4.98. The zero-order valence-electron chi connectivity index (χ0n) is 26.8. The number of methoxy groups -OCH3 is 1. The van der Waals surface area contributed by atoms with Crippen molar-refractivity contribution in [2.45, 2.75) is 37.8 Å². The molecule has 1 N–H and O–H groups in total. The molecule has 0 bridgehead atoms. The Bertz CT molecular complexity index is 2060. The summed E-state index contributed by atoms with van der Waals surface area (Å²) in [5.41, 5.74) is -5.45. The number of aromatic nitrogens is 2. The molecule has 0 radical (unpaired) electrons. The summed E-state index contributed by atoms with van der Waals surface area (Å²) in [4.78, 5) is 43.8. The van der Waals surface area contributed by atoms with E-state index in [2.05, 4.69) is 10.3 Å². The molecule has 1 aliphatic rings. The summed E-state index contributed by atoms with van der Waals surface area (Å²) in [5, 5.41) is 1.93. The highest BCUT2D eigenvalue weighted by Gasteiger charge is 2.46. The molecule has 3 heterocycles. The van der Waals surface area contributed by atoms with Crippen molar-refractivity contribution >= 4 is 28.5 Å². The number of rotatable bonds is 7. The van der Waals surface area contributed by atoms with Gasteiger partial charge in [-0.2, -0.15) is 26.3 Å². The largest absolute Gasteiger partial charge is 0.467 e. The van der Waals surface area contributed by atoms with Gasteiger partial charge in [-0.3, -0.25) is 14.6 Å². The number of carbonyl (C=O) groups excluding carboxylic acids is 2. The van der Waals surface area contributed by atoms with Gasteiger partial charge in [0.2, 0.25) is 0 Å². The molecule has 1 aliphatic heterocycles. The first-order valence-electron chi connectivity index (χ1n) is 15.0. The number of ether oxygens (including phenoxy) is 2. The van der Waals surface area contributed by atoms with Crippen molar-refractivity contribution in [3.63, 3.8) is 0 Å². The molecule has 5 rings (SSSR count). The van der Waals surface area contributed by atoms with Crippen LogP contribution in [0.2, 0.25) is 0 Å². The normalized spacial score (nSPS) is 15.9. The zero-order valence-corrected chi connectivity index (χ0v) is 26.8. The summed E-state index contributed by atoms with van der Waals surface area (Å²) in [6.45, 7) is -0.0255. The highest BCUT2D eigenvalue weighted by Crippen LogP contribution is 2.39. The summed E-state index contributed by atoms with van der Waals surface area (Å²) < 4.78 is 139. The van der Waals surface area contributed by atoms with Crippen LogP contribution in [0.5, 0.6) is 0 Å². The van der Waals surface area contributed by atoms with E-state index in [0.29, 0.717) is 23.2 Å². The SMILES string of the molecule is COC(=O)[C@H](Cc1ccc(-c2c(C(F)(F)F)cc(C)n(C)c2=O)c2ncc(F)cc12)NC(=O)c1c(F)cc(N2CCOC[C@@H]2C(F)(F)F)cc1F. The van der Waals surface area contributed by atoms with Crippen molar-refractivity contribution < 1.29 is 58.6 Å². The van der Waals surface area contributed by atoms with E-state index in [1.54, 1.807) is 0 Å². The van der Waals surface area contributed by atoms with Crippen LogP contribution in [0.4, 0.5) is 45.2 Å². The molecule has 0 spiro atoms. The third-order valence-electron chi connectivity index (χ3n) is 8.46. The Morgan fingerprint density at radius 1 is 1.06 bits per heavy atom. The number of alkyl halides is 6. The Kier molecular flexibility index (Phi) is 10.1. The molecule has 0 unspecified atom stereocenters. The second-order valence-electron chi connectivity index (χ2n) is 11.6. The van der Waals surface area contributed by atoms with E-state index in [4.69, 9.17) is 9.47 Å². The number of hydrogen-bond acceptors (Lipinski definition) is 7. The Labute approximate surface area is 282 Å². The van der Waals surface area contributed by atoms with Gasteiger partial charge >= 0.3 is 18.3 Å². The molecule has 2 aromatic heterocycles. The van der Waals surface area contributed by atoms with Crippen molar-refractivity contribution in [1.82, 2.24) is 14.9 Å². The van der Waals surface area contributed by atoms with Crippen LogP contribution >= 0.6 is 0 Å². The topological polar surface area (TPSA) is 103 Å². The number of fused-ring (bicyclic) bond motifs is 1. The fourth-order valence-electron chi connectivity index (χ4n) is 5.85. The molecular weight excluding hydrogens is 703 g/mol. The number of hydrogen-bond donors (Lipinski definition) is 1. The highest BCUT2D eigenvalue weighted by molar-refractivity contribution is 5.99. The molecule has 2 atom stereocenters. The molecule has 9 nitrogen and oxygen atoms in total. The molecule has 0 aliphatic carbocycles. The first-order chi connectivity index (χ1) is 23.8. The number of nitrogens with zero attached hydrogens (tertiary/aromatic N) is 3. The van der Waals surface area contributed by atoms with Crippen molar-refractivity contribution in [3.05, 3.63) is 92.8 Å². The second-order valence-corrected chi connectivity index (χ2v) is 11.6. The average Bonchev–Trinajstić information content (AvgIpc) is 3.05. The third-order valence-corrected chi connectivity index (χ3v) is 8.46. The van der Waals surface area contributed by atoms with Crippen LogP contribution in [0.15, 0.2) is 47.4 Å². The summed E-state index contributed by atoms with van der Waals surface area (Å²) in [6, 6.07) is 0.993. The Hall–Kier alpha value is -5.13. The number of carbonyl (C=O) groups is 2. The number of halogens is 9. The van der Waals surface area contributed by atoms with Gasteiger partial charge in [-0.15, -0.1) is 0 Å². The fraction of sp³-hybridized carbons (Fsp3) is 0.333. The molecule has 51 heavy (non-hydrogen) atoms. The minimum Gasteiger partial charge on any atom is -0.467 e. The molecule has 1 fully saturated rings. The summed E-state index contributed by atoms with van der Waals surface area (Å²) in [5.74, 6) is -6.73. The van der Waals surface area contributed by atoms with Crippen LogP contribution in [0.1, 0.15) is 27.2 Å². The minimum absolute atomic E-state index is 0.00164. The van der Waals surface area contributed by atoms with Crippen molar-refractivity contribution in [2.75, 3.05) is 31.8 Å². The lowest BCUT2D eigenvalue weighted by Gasteiger charge is -2.38. The first kappa shape index (κ1) is 37.1. The molecule has 2 aromatic carbocycles. The molecule has 0 saturated carbocycles. The van der Waals surface area contributed by atoms with Crippen LogP contribution in [0.25, 0.3) is 22.0 Å². The molecule has 1 amide bonds. The smallest absolute Gasteiger partial charge is 0.417 e. The quantitative estimate of drug-likeness (QED) is 0.195. The predicted molar refractivity (Wildman–Crippen MR) is 163 cm³/mol. The van der Waals surface area contributed by atoms with Gasteiger partial charge in [0.25, 0.3) is 11.5 Å². The summed E-state index contributed by atoms with van der Waals surface area (Å²) in [7, 11) is 2.18. The predicted octanol–water partition coefficient (Wildman–Crippen LogP) is 5.63. The maximum Gasteiger partial charge on any atom is 0.417 e. The van der Waals surface area contributed by atoms with E-state index in [0.717, 1.165) is 35.9 Å². The van der Waals surface area contributed by atoms with Gasteiger partial charge in [0, 0.05) is 42.3 Å². The van der Waals surface area contributed by atoms with Gasteiger partial charge in [-0.1, -0.05) is 12.1 Å². The lowest BCUT2D eigenvalue weighted by molar-refractivity contribution is -0.167. The number of morpholine rings is 1. The van der Waals surface area contributed by atoms with Crippen LogP contribution in [0, 0.1) is 24.4 Å². The maximum atomic E-state index is 15.2. The van der Waals surface area contributed by atoms with Gasteiger partial charge in [0.05, 0.1) is 43.2 Å². The zero-order chi connectivity index (χ0) is 37.6. The first-order valence-corrected chi connectivity index (χ1v) is 15.0. The van der Waals surface area contributed by atoms with Crippen LogP contribution in [-0.2, 0) is 33.9 Å². The average molecular weight is 731 g/mol. The van der Waals surface area contributed by atoms with Crippen molar-refractivity contribution in [1.29, 1.82) is 0 Å². The Balaban J connectivity index is 1.53. The van der Waals surface area contributed by atoms with Crippen LogP contribution < -0.4 is 15.8 Å². The number of nitrogens with one attached hydrogen (secondary N) is 1. The summed E-state index contributed by atoms with van der Waals surface area (Å²) in [6.07, 6.45) is -9.68. The number of benzene rings is 2. The van der Waals surface area contributed by atoms with Gasteiger partial charge < -0.3 is 24.3 Å². The van der Waals surface area contributed by atoms with E-state index in [-0.39, 0.29) is 40.9 Å². The maximum absolute atomic E-state index is 15.2. The van der Waals surface area contributed by atoms with E-state index in [1.807, 2.05) is 0 Å². The standard InChI is InChI=1S/C33H27F9N4O5/c1-15-8-21(32(37,38)39)26(30(48)45(15)2)19-5-4-16(20-10-17(34)13-43-28(19)20)9-24(31(49)50-3)44-29(47)27-22(35)11-18(12-23(27)36)46-6-7-51-14-25(46)33(40,41)42/h4-5,8,10-13,24-25H,6-7,9,14H2,1-3H3,(H,44,47)/t24-,25+/m0/s1. The fourth-order valence-corrected chi connectivity index (χ4v) is 5.85. The van der Waals surface area contributed by atoms with Gasteiger partial charge in [0.1, 0.15) is 35.1 Å². The van der Waals surface area contributed by atoms with Crippen molar-refractivity contribution in [3.8, 4) is 11.1 Å². The summed E-state index contributed by atoms with van der Waals surface area (Å²) >= 11 is 0. The molecule has 18 heteroatoms. The van der Waals surface area contributed by atoms with E-state index >= 15 is 8.78 Å². The van der Waals surface area contributed by atoms with E-state index in [9.17, 15) is 45.1 Å². The molecular formula is C33H27F9N4O5. The number of esters is 1. The number of pyridine rings is 2. The third kappa shape index (κ3) is 7.36. The number of amides is 1. The van der Waals surface area contributed by atoms with Gasteiger partial charge in [-0.05, 0) is 36.8 Å². The lowest BCUT2D eigenvalue weighted by atomic mass is 9.93. The monoisotopic (exact) mass is 730 g/mol. The van der Waals surface area contributed by atoms with Crippen LogP contribution in [-0.4, -0.2) is 66.6 Å². The van der Waals surface area contributed by atoms with E-state index < -0.39 is 94.7 Å². The van der Waals surface area contributed by atoms with Crippen LogP contribution in [0.3, 0.4) is 0 Å². The second kappa shape index (κ2) is 13.9. The van der Waals surface area contributed by atoms with Crippen molar-refractivity contribution in [2.24, 2.45) is 7.05 Å². The van der Waals surface area contributed by atoms with E-state index in [1.165, 1.54) is 14.0 Å².